The SMILES string of the molecule is CC(=O)N[C@@H]1[C@@H](NC(=O)c2ccccc2)[C@H](O)[C@](OCCCCCC(=O)O)(C(=O)O)O[C@H]1O. The fourth-order valence-electron chi connectivity index (χ4n) is 3.46. The number of nitrogens with one attached hydrogen (secondary N) is 2. The van der Waals surface area contributed by atoms with Gasteiger partial charge in [0, 0.05) is 18.9 Å². The van der Waals surface area contributed by atoms with Crippen molar-refractivity contribution < 1.29 is 49.1 Å². The Morgan fingerprint density at radius 2 is 1.67 bits per heavy atom. The van der Waals surface area contributed by atoms with Gasteiger partial charge in [-0.15, -0.1) is 0 Å². The Hall–Kier alpha value is -3.06. The zero-order chi connectivity index (χ0) is 24.6. The van der Waals surface area contributed by atoms with Gasteiger partial charge in [-0.3, -0.25) is 14.4 Å². The second-order valence-electron chi connectivity index (χ2n) is 7.57. The zero-order valence-corrected chi connectivity index (χ0v) is 18.0. The van der Waals surface area contributed by atoms with Crippen molar-refractivity contribution >= 4 is 23.8 Å². The number of hydrogen-bond acceptors (Lipinski definition) is 8. The number of aliphatic hydroxyl groups excluding tert-OH is 2. The first-order chi connectivity index (χ1) is 15.6. The number of carboxylic acid groups (broad SMARTS) is 2. The smallest absolute Gasteiger partial charge is 0.367 e. The first-order valence-electron chi connectivity index (χ1n) is 10.3. The minimum Gasteiger partial charge on any atom is -0.481 e. The number of rotatable bonds is 11. The van der Waals surface area contributed by atoms with Gasteiger partial charge in [0.1, 0.15) is 12.1 Å². The number of ether oxygens (including phenoxy) is 2. The zero-order valence-electron chi connectivity index (χ0n) is 18.0. The van der Waals surface area contributed by atoms with Crippen LogP contribution >= 0.6 is 0 Å². The number of amides is 2. The minimum atomic E-state index is -2.74. The predicted octanol–water partition coefficient (Wildman–Crippen LogP) is -0.558. The Balaban J connectivity index is 2.23. The van der Waals surface area contributed by atoms with Crippen molar-refractivity contribution in [2.24, 2.45) is 0 Å². The molecular weight excluding hydrogens is 440 g/mol. The summed E-state index contributed by atoms with van der Waals surface area (Å²) in [4.78, 5) is 46.9. The van der Waals surface area contributed by atoms with Crippen molar-refractivity contribution in [2.75, 3.05) is 6.61 Å². The molecule has 0 unspecified atom stereocenters. The summed E-state index contributed by atoms with van der Waals surface area (Å²) in [5, 5.41) is 44.7. The van der Waals surface area contributed by atoms with Gasteiger partial charge >= 0.3 is 11.9 Å². The highest BCUT2D eigenvalue weighted by Crippen LogP contribution is 2.32. The fraction of sp³-hybridized carbons (Fsp3) is 0.524. The van der Waals surface area contributed by atoms with Crippen molar-refractivity contribution in [1.82, 2.24) is 10.6 Å². The number of aliphatic hydroxyl groups is 2. The second kappa shape index (κ2) is 11.7. The Bertz CT molecular complexity index is 849. The number of hydrogen-bond donors (Lipinski definition) is 6. The van der Waals surface area contributed by atoms with Crippen LogP contribution in [0, 0.1) is 0 Å². The molecule has 0 bridgehead atoms. The predicted molar refractivity (Wildman–Crippen MR) is 111 cm³/mol. The number of carboxylic acids is 2. The summed E-state index contributed by atoms with van der Waals surface area (Å²) in [5.74, 6) is -6.75. The highest BCUT2D eigenvalue weighted by Gasteiger charge is 2.60. The first-order valence-corrected chi connectivity index (χ1v) is 10.3. The third-order valence-electron chi connectivity index (χ3n) is 5.07. The highest BCUT2D eigenvalue weighted by molar-refractivity contribution is 5.94. The molecule has 0 spiro atoms. The van der Waals surface area contributed by atoms with Crippen LogP contribution < -0.4 is 10.6 Å². The topological polar surface area (TPSA) is 192 Å². The van der Waals surface area contributed by atoms with Gasteiger partial charge < -0.3 is 40.5 Å². The molecular formula is C21H28N2O10. The van der Waals surface area contributed by atoms with Crippen LogP contribution in [0.5, 0.6) is 0 Å². The number of carbonyl (C=O) groups excluding carboxylic acids is 2. The van der Waals surface area contributed by atoms with Crippen LogP contribution in [0.4, 0.5) is 0 Å². The van der Waals surface area contributed by atoms with Crippen molar-refractivity contribution in [2.45, 2.75) is 62.9 Å². The van der Waals surface area contributed by atoms with E-state index in [0.29, 0.717) is 12.8 Å². The molecule has 0 radical (unpaired) electrons. The highest BCUT2D eigenvalue weighted by atomic mass is 16.8. The van der Waals surface area contributed by atoms with E-state index in [1.54, 1.807) is 18.2 Å². The molecule has 0 saturated carbocycles. The quantitative estimate of drug-likeness (QED) is 0.229. The average Bonchev–Trinajstić information content (AvgIpc) is 2.76. The molecule has 6 N–H and O–H groups in total. The van der Waals surface area contributed by atoms with Crippen molar-refractivity contribution in [3.05, 3.63) is 35.9 Å². The van der Waals surface area contributed by atoms with Gasteiger partial charge in [-0.2, -0.15) is 0 Å². The number of benzene rings is 1. The van der Waals surface area contributed by atoms with Crippen molar-refractivity contribution in [3.8, 4) is 0 Å². The summed E-state index contributed by atoms with van der Waals surface area (Å²) in [6.07, 6.45) is -3.03. The molecule has 1 aliphatic rings. The van der Waals surface area contributed by atoms with E-state index in [4.69, 9.17) is 14.6 Å². The van der Waals surface area contributed by atoms with Crippen LogP contribution in [0.2, 0.25) is 0 Å². The molecule has 1 aliphatic heterocycles. The van der Waals surface area contributed by atoms with Gasteiger partial charge in [0.25, 0.3) is 11.7 Å². The number of unbranched alkanes of at least 4 members (excludes halogenated alkanes) is 2. The monoisotopic (exact) mass is 468 g/mol. The molecule has 2 rings (SSSR count). The van der Waals surface area contributed by atoms with E-state index in [0.717, 1.165) is 6.92 Å². The van der Waals surface area contributed by atoms with Gasteiger partial charge in [-0.1, -0.05) is 24.6 Å². The largest absolute Gasteiger partial charge is 0.481 e. The van der Waals surface area contributed by atoms with Gasteiger partial charge in [0.2, 0.25) is 5.91 Å². The Morgan fingerprint density at radius 1 is 1.00 bits per heavy atom. The standard InChI is InChI=1S/C21H28N2O10/c1-12(24)22-16-15(23-18(28)13-8-4-2-5-9-13)17(27)21(20(30)31,33-19(16)29)32-11-7-3-6-10-14(25)26/h2,4-5,8-9,15-17,19,27,29H,3,6-7,10-11H2,1H3,(H,22,24)(H,23,28)(H,25,26)(H,30,31)/t15-,16-,17+,19-,21-/m1/s1. The van der Waals surface area contributed by atoms with Crippen LogP contribution in [0.3, 0.4) is 0 Å². The summed E-state index contributed by atoms with van der Waals surface area (Å²) in [7, 11) is 0. The normalized spacial score (nSPS) is 26.9. The van der Waals surface area contributed by atoms with E-state index in [-0.39, 0.29) is 25.0 Å². The average molecular weight is 468 g/mol. The van der Waals surface area contributed by atoms with Crippen LogP contribution in [-0.4, -0.2) is 81.1 Å². The maximum Gasteiger partial charge on any atom is 0.367 e. The molecule has 33 heavy (non-hydrogen) atoms. The lowest BCUT2D eigenvalue weighted by molar-refractivity contribution is -0.353. The maximum absolute atomic E-state index is 12.7. The summed E-state index contributed by atoms with van der Waals surface area (Å²) in [6.45, 7) is 0.904. The van der Waals surface area contributed by atoms with E-state index in [1.807, 2.05) is 0 Å². The molecule has 182 valence electrons. The molecule has 1 fully saturated rings. The third kappa shape index (κ3) is 6.71. The molecule has 12 heteroatoms. The molecule has 1 heterocycles. The van der Waals surface area contributed by atoms with Crippen molar-refractivity contribution in [1.29, 1.82) is 0 Å². The fourth-order valence-corrected chi connectivity index (χ4v) is 3.46. The Labute approximate surface area is 189 Å². The van der Waals surface area contributed by atoms with E-state index < -0.39 is 54.0 Å². The summed E-state index contributed by atoms with van der Waals surface area (Å²) < 4.78 is 10.5. The molecule has 1 aromatic carbocycles. The summed E-state index contributed by atoms with van der Waals surface area (Å²) in [5.41, 5.74) is 0.201. The number of carbonyl (C=O) groups is 4. The molecule has 1 saturated heterocycles. The Kier molecular flexibility index (Phi) is 9.29. The van der Waals surface area contributed by atoms with Crippen LogP contribution in [-0.2, 0) is 23.9 Å². The van der Waals surface area contributed by atoms with Gasteiger partial charge in [-0.05, 0) is 25.0 Å². The molecule has 0 aliphatic carbocycles. The third-order valence-corrected chi connectivity index (χ3v) is 5.07. The maximum atomic E-state index is 12.7. The molecule has 1 aromatic rings. The lowest BCUT2D eigenvalue weighted by Gasteiger charge is -2.47. The first kappa shape index (κ1) is 26.2. The van der Waals surface area contributed by atoms with E-state index in [9.17, 15) is 34.5 Å². The van der Waals surface area contributed by atoms with E-state index >= 15 is 0 Å². The molecule has 5 atom stereocenters. The van der Waals surface area contributed by atoms with Crippen LogP contribution in [0.15, 0.2) is 30.3 Å². The van der Waals surface area contributed by atoms with Gasteiger partial charge in [-0.25, -0.2) is 4.79 Å². The molecule has 12 nitrogen and oxygen atoms in total. The van der Waals surface area contributed by atoms with Crippen LogP contribution in [0.25, 0.3) is 0 Å². The summed E-state index contributed by atoms with van der Waals surface area (Å²) in [6, 6.07) is 5.00. The van der Waals surface area contributed by atoms with Crippen LogP contribution in [0.1, 0.15) is 43.0 Å². The van der Waals surface area contributed by atoms with Crippen molar-refractivity contribution in [3.63, 3.8) is 0 Å². The van der Waals surface area contributed by atoms with E-state index in [1.165, 1.54) is 12.1 Å². The lowest BCUT2D eigenvalue weighted by Crippen LogP contribution is -2.75. The summed E-state index contributed by atoms with van der Waals surface area (Å²) >= 11 is 0. The molecule has 2 amide bonds. The molecule has 0 aromatic heterocycles. The van der Waals surface area contributed by atoms with Gasteiger partial charge in [0.15, 0.2) is 6.29 Å². The van der Waals surface area contributed by atoms with Gasteiger partial charge in [0.05, 0.1) is 12.6 Å². The lowest BCUT2D eigenvalue weighted by atomic mass is 9.90. The second-order valence-corrected chi connectivity index (χ2v) is 7.57. The Morgan fingerprint density at radius 3 is 2.24 bits per heavy atom. The minimum absolute atomic E-state index is 0.0616. The van der Waals surface area contributed by atoms with E-state index in [2.05, 4.69) is 10.6 Å². The number of aliphatic carboxylic acids is 2.